The van der Waals surface area contributed by atoms with Crippen LogP contribution in [-0.4, -0.2) is 68.8 Å². The van der Waals surface area contributed by atoms with Crippen LogP contribution >= 0.6 is 0 Å². The molecule has 0 radical (unpaired) electrons. The number of carbonyl (C=O) groups is 2. The van der Waals surface area contributed by atoms with Gasteiger partial charge in [0.05, 0.1) is 11.5 Å². The number of nitrogens with zero attached hydrogens (tertiary/aromatic N) is 3. The molecular formula is C25H29N3O5S. The minimum atomic E-state index is -3.62. The van der Waals surface area contributed by atoms with Gasteiger partial charge in [-0.2, -0.15) is 4.31 Å². The third kappa shape index (κ3) is 5.31. The second-order valence-electron chi connectivity index (χ2n) is 8.21. The van der Waals surface area contributed by atoms with Crippen LogP contribution in [0.25, 0.3) is 6.08 Å². The Hall–Kier alpha value is -3.17. The average Bonchev–Trinajstić information content (AvgIpc) is 3.29. The average molecular weight is 484 g/mol. The number of sulfonamides is 1. The van der Waals surface area contributed by atoms with Crippen molar-refractivity contribution < 1.29 is 22.7 Å². The Morgan fingerprint density at radius 3 is 2.24 bits per heavy atom. The molecule has 0 spiro atoms. The number of anilines is 1. The van der Waals surface area contributed by atoms with E-state index in [1.165, 1.54) is 10.4 Å². The standard InChI is InChI=1S/C25H29N3O5S/c1-2-33-22-10-12-23(13-11-22)34(31,32)27-18-16-26(17-19-27)24(29)14-7-20-5-8-21(9-6-20)28-15-3-4-25(28)30/h5-14H,2-4,15-19H2,1H3/b14-7+. The van der Waals surface area contributed by atoms with Gasteiger partial charge in [0.15, 0.2) is 0 Å². The Morgan fingerprint density at radius 2 is 1.65 bits per heavy atom. The van der Waals surface area contributed by atoms with Gasteiger partial charge in [0.1, 0.15) is 5.75 Å². The van der Waals surface area contributed by atoms with Gasteiger partial charge in [-0.05, 0) is 61.4 Å². The van der Waals surface area contributed by atoms with E-state index in [1.807, 2.05) is 31.2 Å². The molecule has 34 heavy (non-hydrogen) atoms. The molecule has 2 fully saturated rings. The molecule has 180 valence electrons. The largest absolute Gasteiger partial charge is 0.494 e. The first-order valence-electron chi connectivity index (χ1n) is 11.5. The first-order valence-corrected chi connectivity index (χ1v) is 12.9. The van der Waals surface area contributed by atoms with Crippen LogP contribution in [0.15, 0.2) is 59.5 Å². The van der Waals surface area contributed by atoms with Gasteiger partial charge >= 0.3 is 0 Å². The molecule has 4 rings (SSSR count). The molecule has 9 heteroatoms. The van der Waals surface area contributed by atoms with E-state index in [1.54, 1.807) is 40.1 Å². The fraction of sp³-hybridized carbons (Fsp3) is 0.360. The summed E-state index contributed by atoms with van der Waals surface area (Å²) in [5.41, 5.74) is 1.73. The highest BCUT2D eigenvalue weighted by Gasteiger charge is 2.29. The summed E-state index contributed by atoms with van der Waals surface area (Å²) in [4.78, 5) is 28.1. The van der Waals surface area contributed by atoms with Gasteiger partial charge in [-0.15, -0.1) is 0 Å². The predicted octanol–water partition coefficient (Wildman–Crippen LogP) is 2.76. The Bertz CT molecular complexity index is 1150. The highest BCUT2D eigenvalue weighted by Crippen LogP contribution is 2.23. The summed E-state index contributed by atoms with van der Waals surface area (Å²) in [5, 5.41) is 0. The third-order valence-corrected chi connectivity index (χ3v) is 7.93. The summed E-state index contributed by atoms with van der Waals surface area (Å²) in [6.45, 7) is 4.27. The van der Waals surface area contributed by atoms with Gasteiger partial charge < -0.3 is 14.5 Å². The number of amides is 2. The number of hydrogen-bond acceptors (Lipinski definition) is 5. The topological polar surface area (TPSA) is 87.2 Å². The van der Waals surface area contributed by atoms with Crippen LogP contribution in [0.4, 0.5) is 5.69 Å². The molecule has 8 nitrogen and oxygen atoms in total. The summed E-state index contributed by atoms with van der Waals surface area (Å²) < 4.78 is 32.6. The monoisotopic (exact) mass is 483 g/mol. The van der Waals surface area contributed by atoms with Crippen molar-refractivity contribution in [3.63, 3.8) is 0 Å². The number of hydrogen-bond donors (Lipinski definition) is 0. The van der Waals surface area contributed by atoms with E-state index in [0.29, 0.717) is 31.9 Å². The number of piperazine rings is 1. The Labute approximate surface area is 200 Å². The number of carbonyl (C=O) groups excluding carboxylic acids is 2. The van der Waals surface area contributed by atoms with Crippen LogP contribution in [0.5, 0.6) is 5.75 Å². The van der Waals surface area contributed by atoms with Gasteiger partial charge in [-0.25, -0.2) is 8.42 Å². The van der Waals surface area contributed by atoms with E-state index >= 15 is 0 Å². The zero-order valence-corrected chi connectivity index (χ0v) is 20.0. The summed E-state index contributed by atoms with van der Waals surface area (Å²) in [5.74, 6) is 0.613. The van der Waals surface area contributed by atoms with Crippen LogP contribution in [0.2, 0.25) is 0 Å². The highest BCUT2D eigenvalue weighted by atomic mass is 32.2. The van der Waals surface area contributed by atoms with Crippen molar-refractivity contribution in [2.45, 2.75) is 24.7 Å². The number of ether oxygens (including phenoxy) is 1. The van der Waals surface area contributed by atoms with E-state index in [4.69, 9.17) is 4.74 Å². The van der Waals surface area contributed by atoms with Crippen molar-refractivity contribution in [3.8, 4) is 5.75 Å². The molecule has 0 aliphatic carbocycles. The van der Waals surface area contributed by atoms with E-state index in [9.17, 15) is 18.0 Å². The lowest BCUT2D eigenvalue weighted by Gasteiger charge is -2.33. The fourth-order valence-electron chi connectivity index (χ4n) is 4.13. The van der Waals surface area contributed by atoms with Crippen molar-refractivity contribution in [1.29, 1.82) is 0 Å². The molecule has 0 aromatic heterocycles. The molecule has 0 saturated carbocycles. The van der Waals surface area contributed by atoms with Gasteiger partial charge in [0, 0.05) is 50.9 Å². The van der Waals surface area contributed by atoms with Crippen molar-refractivity contribution >= 4 is 33.6 Å². The van der Waals surface area contributed by atoms with Crippen molar-refractivity contribution in [2.75, 3.05) is 44.2 Å². The molecule has 2 aliphatic rings. The van der Waals surface area contributed by atoms with Crippen LogP contribution in [0.3, 0.4) is 0 Å². The quantitative estimate of drug-likeness (QED) is 0.565. The van der Waals surface area contributed by atoms with Gasteiger partial charge in [0.25, 0.3) is 0 Å². The van der Waals surface area contributed by atoms with E-state index in [0.717, 1.165) is 24.2 Å². The first kappa shape index (κ1) is 24.0. The lowest BCUT2D eigenvalue weighted by Crippen LogP contribution is -2.50. The summed E-state index contributed by atoms with van der Waals surface area (Å²) in [6, 6.07) is 13.9. The van der Waals surface area contributed by atoms with Crippen LogP contribution in [0.1, 0.15) is 25.3 Å². The zero-order chi connectivity index (χ0) is 24.1. The highest BCUT2D eigenvalue weighted by molar-refractivity contribution is 7.89. The maximum Gasteiger partial charge on any atom is 0.246 e. The molecule has 2 aliphatic heterocycles. The molecule has 2 aromatic rings. The molecule has 0 unspecified atom stereocenters. The fourth-order valence-corrected chi connectivity index (χ4v) is 5.55. The second-order valence-corrected chi connectivity index (χ2v) is 10.1. The third-order valence-electron chi connectivity index (χ3n) is 6.02. The lowest BCUT2D eigenvalue weighted by molar-refractivity contribution is -0.127. The number of benzene rings is 2. The van der Waals surface area contributed by atoms with Gasteiger partial charge in [-0.1, -0.05) is 12.1 Å². The molecule has 0 atom stereocenters. The normalized spacial score (nSPS) is 17.5. The summed E-state index contributed by atoms with van der Waals surface area (Å²) >= 11 is 0. The second kappa shape index (κ2) is 10.4. The van der Waals surface area contributed by atoms with E-state index in [-0.39, 0.29) is 29.8 Å². The molecule has 2 heterocycles. The lowest BCUT2D eigenvalue weighted by atomic mass is 10.2. The number of rotatable bonds is 7. The summed E-state index contributed by atoms with van der Waals surface area (Å²) in [7, 11) is -3.62. The van der Waals surface area contributed by atoms with E-state index in [2.05, 4.69) is 0 Å². The van der Waals surface area contributed by atoms with Crippen molar-refractivity contribution in [1.82, 2.24) is 9.21 Å². The van der Waals surface area contributed by atoms with Crippen molar-refractivity contribution in [3.05, 3.63) is 60.2 Å². The SMILES string of the molecule is CCOc1ccc(S(=O)(=O)N2CCN(C(=O)/C=C/c3ccc(N4CCCC4=O)cc3)CC2)cc1. The Morgan fingerprint density at radius 1 is 0.971 bits per heavy atom. The van der Waals surface area contributed by atoms with Crippen molar-refractivity contribution in [2.24, 2.45) is 0 Å². The maximum absolute atomic E-state index is 12.9. The minimum Gasteiger partial charge on any atom is -0.494 e. The zero-order valence-electron chi connectivity index (χ0n) is 19.2. The van der Waals surface area contributed by atoms with Crippen LogP contribution < -0.4 is 9.64 Å². The first-order chi connectivity index (χ1) is 16.4. The molecule has 0 N–H and O–H groups in total. The van der Waals surface area contributed by atoms with Gasteiger partial charge in [0.2, 0.25) is 21.8 Å². The molecular weight excluding hydrogens is 454 g/mol. The van der Waals surface area contributed by atoms with Crippen LogP contribution in [0, 0.1) is 0 Å². The molecule has 2 saturated heterocycles. The molecule has 0 bridgehead atoms. The Kier molecular flexibility index (Phi) is 7.33. The molecule has 2 aromatic carbocycles. The summed E-state index contributed by atoms with van der Waals surface area (Å²) in [6.07, 6.45) is 4.71. The maximum atomic E-state index is 12.9. The van der Waals surface area contributed by atoms with Crippen LogP contribution in [-0.2, 0) is 19.6 Å². The Balaban J connectivity index is 1.31. The molecule has 2 amide bonds. The minimum absolute atomic E-state index is 0.141. The van der Waals surface area contributed by atoms with E-state index < -0.39 is 10.0 Å². The smallest absolute Gasteiger partial charge is 0.246 e. The van der Waals surface area contributed by atoms with Gasteiger partial charge in [-0.3, -0.25) is 9.59 Å². The predicted molar refractivity (Wildman–Crippen MR) is 130 cm³/mol.